The van der Waals surface area contributed by atoms with Crippen molar-refractivity contribution in [3.05, 3.63) is 0 Å². The Morgan fingerprint density at radius 2 is 2.00 bits per heavy atom. The minimum absolute atomic E-state index is 0.784. The monoisotopic (exact) mass is 250 g/mol. The zero-order valence-electron chi connectivity index (χ0n) is 12.0. The summed E-state index contributed by atoms with van der Waals surface area (Å²) in [5, 5.41) is 3.86. The molecule has 0 amide bonds. The third-order valence-corrected chi connectivity index (χ3v) is 5.58. The van der Waals surface area contributed by atoms with E-state index in [1.54, 1.807) is 0 Å². The molecule has 1 heterocycles. The molecular formula is C16H30N2. The van der Waals surface area contributed by atoms with Gasteiger partial charge in [0.2, 0.25) is 0 Å². The zero-order valence-corrected chi connectivity index (χ0v) is 12.0. The van der Waals surface area contributed by atoms with Crippen molar-refractivity contribution in [3.8, 4) is 0 Å². The first kappa shape index (κ1) is 12.9. The second-order valence-corrected chi connectivity index (χ2v) is 6.89. The smallest absolute Gasteiger partial charge is 0.0223 e. The van der Waals surface area contributed by atoms with Gasteiger partial charge in [-0.05, 0) is 56.9 Å². The van der Waals surface area contributed by atoms with Crippen molar-refractivity contribution in [1.29, 1.82) is 0 Å². The van der Waals surface area contributed by atoms with Crippen LogP contribution < -0.4 is 5.32 Å². The molecule has 1 N–H and O–H groups in total. The highest BCUT2D eigenvalue weighted by Crippen LogP contribution is 2.38. The number of nitrogens with one attached hydrogen (secondary N) is 1. The third kappa shape index (κ3) is 2.75. The lowest BCUT2D eigenvalue weighted by molar-refractivity contribution is 0.169. The summed E-state index contributed by atoms with van der Waals surface area (Å²) in [6.07, 6.45) is 11.7. The number of nitrogens with zero attached hydrogens (tertiary/aromatic N) is 1. The summed E-state index contributed by atoms with van der Waals surface area (Å²) in [7, 11) is 0. The number of hydrogen-bond acceptors (Lipinski definition) is 2. The van der Waals surface area contributed by atoms with Gasteiger partial charge in [0.15, 0.2) is 0 Å². The summed E-state index contributed by atoms with van der Waals surface area (Å²) < 4.78 is 0. The van der Waals surface area contributed by atoms with Crippen LogP contribution in [0.3, 0.4) is 0 Å². The van der Waals surface area contributed by atoms with Crippen molar-refractivity contribution < 1.29 is 0 Å². The molecule has 3 atom stereocenters. The highest BCUT2D eigenvalue weighted by molar-refractivity contribution is 4.95. The van der Waals surface area contributed by atoms with E-state index in [4.69, 9.17) is 0 Å². The molecule has 2 nitrogen and oxygen atoms in total. The topological polar surface area (TPSA) is 15.3 Å². The molecule has 0 aromatic heterocycles. The van der Waals surface area contributed by atoms with Crippen LogP contribution in [0, 0.1) is 11.8 Å². The second-order valence-electron chi connectivity index (χ2n) is 6.89. The van der Waals surface area contributed by atoms with E-state index in [2.05, 4.69) is 17.1 Å². The van der Waals surface area contributed by atoms with Gasteiger partial charge in [0, 0.05) is 25.2 Å². The summed E-state index contributed by atoms with van der Waals surface area (Å²) in [6.45, 7) is 6.24. The van der Waals surface area contributed by atoms with Gasteiger partial charge in [0.05, 0.1) is 0 Å². The van der Waals surface area contributed by atoms with E-state index < -0.39 is 0 Å². The predicted molar refractivity (Wildman–Crippen MR) is 76.7 cm³/mol. The quantitative estimate of drug-likeness (QED) is 0.779. The molecule has 0 radical (unpaired) electrons. The van der Waals surface area contributed by atoms with Crippen LogP contribution in [0.2, 0.25) is 0 Å². The first-order valence-corrected chi connectivity index (χ1v) is 8.34. The van der Waals surface area contributed by atoms with Crippen LogP contribution in [-0.4, -0.2) is 36.6 Å². The molecule has 0 spiro atoms. The molecule has 3 unspecified atom stereocenters. The molecule has 2 aliphatic carbocycles. The minimum Gasteiger partial charge on any atom is -0.312 e. The summed E-state index contributed by atoms with van der Waals surface area (Å²) in [5.74, 6) is 2.01. The number of likely N-dealkylation sites (tertiary alicyclic amines) is 1. The highest BCUT2D eigenvalue weighted by Gasteiger charge is 2.39. The fraction of sp³-hybridized carbons (Fsp3) is 1.00. The van der Waals surface area contributed by atoms with Gasteiger partial charge >= 0.3 is 0 Å². The van der Waals surface area contributed by atoms with E-state index in [0.29, 0.717) is 0 Å². The number of fused-ring (bicyclic) bond motifs is 2. The number of hydrogen-bond donors (Lipinski definition) is 1. The molecular weight excluding hydrogens is 220 g/mol. The second kappa shape index (κ2) is 5.92. The fourth-order valence-electron chi connectivity index (χ4n) is 4.57. The predicted octanol–water partition coefficient (Wildman–Crippen LogP) is 3.03. The average Bonchev–Trinajstić information content (AvgIpc) is 3.09. The lowest BCUT2D eigenvalue weighted by atomic mass is 9.96. The molecule has 2 saturated carbocycles. The van der Waals surface area contributed by atoms with Gasteiger partial charge in [-0.3, -0.25) is 4.90 Å². The van der Waals surface area contributed by atoms with Crippen molar-refractivity contribution in [2.24, 2.45) is 11.8 Å². The maximum Gasteiger partial charge on any atom is 0.0223 e. The van der Waals surface area contributed by atoms with Gasteiger partial charge in [-0.15, -0.1) is 0 Å². The van der Waals surface area contributed by atoms with E-state index in [1.165, 1.54) is 71.0 Å². The number of piperidine rings is 1. The Balaban J connectivity index is 1.54. The molecule has 18 heavy (non-hydrogen) atoms. The maximum atomic E-state index is 3.86. The SMILES string of the molecule is CCCNC(CN1CC2CCC1C2)C1CCCC1. The average molecular weight is 250 g/mol. The highest BCUT2D eigenvalue weighted by atomic mass is 15.2. The van der Waals surface area contributed by atoms with Crippen molar-refractivity contribution in [2.45, 2.75) is 70.4 Å². The van der Waals surface area contributed by atoms with E-state index >= 15 is 0 Å². The van der Waals surface area contributed by atoms with E-state index in [1.807, 2.05) is 0 Å². The molecule has 0 aromatic rings. The van der Waals surface area contributed by atoms with Crippen LogP contribution in [0.25, 0.3) is 0 Å². The van der Waals surface area contributed by atoms with Crippen molar-refractivity contribution in [2.75, 3.05) is 19.6 Å². The molecule has 1 saturated heterocycles. The largest absolute Gasteiger partial charge is 0.312 e. The van der Waals surface area contributed by atoms with E-state index in [-0.39, 0.29) is 0 Å². The Hall–Kier alpha value is -0.0800. The Morgan fingerprint density at radius 3 is 2.61 bits per heavy atom. The lowest BCUT2D eigenvalue weighted by Gasteiger charge is -2.34. The summed E-state index contributed by atoms with van der Waals surface area (Å²) >= 11 is 0. The van der Waals surface area contributed by atoms with Gasteiger partial charge in [0.25, 0.3) is 0 Å². The Kier molecular flexibility index (Phi) is 4.25. The first-order valence-electron chi connectivity index (χ1n) is 8.34. The first-order chi connectivity index (χ1) is 8.86. The van der Waals surface area contributed by atoms with Crippen molar-refractivity contribution in [1.82, 2.24) is 10.2 Å². The molecule has 104 valence electrons. The molecule has 3 aliphatic rings. The van der Waals surface area contributed by atoms with E-state index in [9.17, 15) is 0 Å². The van der Waals surface area contributed by atoms with Gasteiger partial charge in [-0.25, -0.2) is 0 Å². The van der Waals surface area contributed by atoms with Gasteiger partial charge in [-0.2, -0.15) is 0 Å². The minimum atomic E-state index is 0.784. The van der Waals surface area contributed by atoms with Crippen molar-refractivity contribution >= 4 is 0 Å². The van der Waals surface area contributed by atoms with Crippen LogP contribution in [0.1, 0.15) is 58.3 Å². The summed E-state index contributed by atoms with van der Waals surface area (Å²) in [4.78, 5) is 2.82. The Labute approximate surface area is 113 Å². The summed E-state index contributed by atoms with van der Waals surface area (Å²) in [6, 6.07) is 1.73. The standard InChI is InChI=1S/C16H30N2/c1-2-9-17-16(14-5-3-4-6-14)12-18-11-13-7-8-15(18)10-13/h13-17H,2-12H2,1H3. The van der Waals surface area contributed by atoms with Crippen LogP contribution >= 0.6 is 0 Å². The molecule has 3 fully saturated rings. The molecule has 3 rings (SSSR count). The number of rotatable bonds is 6. The molecule has 0 aromatic carbocycles. The molecule has 1 aliphatic heterocycles. The Morgan fingerprint density at radius 1 is 1.17 bits per heavy atom. The Bertz CT molecular complexity index is 260. The maximum absolute atomic E-state index is 3.86. The van der Waals surface area contributed by atoms with Crippen LogP contribution in [0.15, 0.2) is 0 Å². The van der Waals surface area contributed by atoms with Crippen molar-refractivity contribution in [3.63, 3.8) is 0 Å². The van der Waals surface area contributed by atoms with Crippen LogP contribution in [0.4, 0.5) is 0 Å². The zero-order chi connectivity index (χ0) is 12.4. The fourth-order valence-corrected chi connectivity index (χ4v) is 4.57. The van der Waals surface area contributed by atoms with Gasteiger partial charge in [0.1, 0.15) is 0 Å². The third-order valence-electron chi connectivity index (χ3n) is 5.58. The van der Waals surface area contributed by atoms with Crippen LogP contribution in [0.5, 0.6) is 0 Å². The van der Waals surface area contributed by atoms with Crippen LogP contribution in [-0.2, 0) is 0 Å². The molecule has 2 heteroatoms. The van der Waals surface area contributed by atoms with E-state index in [0.717, 1.165) is 23.9 Å². The van der Waals surface area contributed by atoms with Gasteiger partial charge < -0.3 is 5.32 Å². The molecule has 2 bridgehead atoms. The summed E-state index contributed by atoms with van der Waals surface area (Å²) in [5.41, 5.74) is 0. The lowest BCUT2D eigenvalue weighted by Crippen LogP contribution is -2.47. The normalized spacial score (nSPS) is 34.5. The van der Waals surface area contributed by atoms with Gasteiger partial charge in [-0.1, -0.05) is 19.8 Å².